The predicted molar refractivity (Wildman–Crippen MR) is 62.2 cm³/mol. The Morgan fingerprint density at radius 3 is 2.60 bits per heavy atom. The molecule has 0 saturated heterocycles. The average molecular weight is 292 g/mol. The third kappa shape index (κ3) is 3.12. The van der Waals surface area contributed by atoms with Gasteiger partial charge in [0.2, 0.25) is 5.91 Å². The molecule has 2 N–H and O–H groups in total. The third-order valence-corrected chi connectivity index (χ3v) is 3.24. The highest BCUT2D eigenvalue weighted by Crippen LogP contribution is 2.27. The number of carbonyl (C=O) groups excluding carboxylic acids is 1. The molecule has 1 aromatic rings. The van der Waals surface area contributed by atoms with Crippen LogP contribution in [0.1, 0.15) is 12.5 Å². The van der Waals surface area contributed by atoms with Crippen molar-refractivity contribution in [2.24, 2.45) is 0 Å². The van der Waals surface area contributed by atoms with Gasteiger partial charge in [-0.15, -0.1) is 0 Å². The van der Waals surface area contributed by atoms with E-state index in [4.69, 9.17) is 4.55 Å². The van der Waals surface area contributed by atoms with Crippen LogP contribution in [-0.2, 0) is 15.9 Å². The van der Waals surface area contributed by atoms with Gasteiger partial charge in [-0.2, -0.15) is 0 Å². The van der Waals surface area contributed by atoms with E-state index in [0.717, 1.165) is 0 Å². The van der Waals surface area contributed by atoms with Crippen LogP contribution in [0, 0.1) is 6.92 Å². The SMILES string of the molecule is CC(=O)Nc1cc(C)c(S(=O)O)cc1Br. The van der Waals surface area contributed by atoms with Gasteiger partial charge in [0.25, 0.3) is 0 Å². The molecular weight excluding hydrogens is 282 g/mol. The minimum atomic E-state index is -2.01. The molecule has 0 aliphatic carbocycles. The lowest BCUT2D eigenvalue weighted by atomic mass is 10.2. The van der Waals surface area contributed by atoms with Crippen molar-refractivity contribution in [3.8, 4) is 0 Å². The summed E-state index contributed by atoms with van der Waals surface area (Å²) in [5.41, 5.74) is 1.25. The third-order valence-electron chi connectivity index (χ3n) is 1.76. The largest absolute Gasteiger partial charge is 0.325 e. The topological polar surface area (TPSA) is 66.4 Å². The summed E-state index contributed by atoms with van der Waals surface area (Å²) >= 11 is 1.20. The molecule has 0 aliphatic heterocycles. The van der Waals surface area contributed by atoms with Gasteiger partial charge in [0, 0.05) is 11.4 Å². The van der Waals surface area contributed by atoms with E-state index < -0.39 is 11.1 Å². The average Bonchev–Trinajstić information content (AvgIpc) is 2.09. The molecule has 1 rings (SSSR count). The minimum absolute atomic E-state index is 0.187. The molecule has 0 saturated carbocycles. The summed E-state index contributed by atoms with van der Waals surface area (Å²) in [6, 6.07) is 3.17. The summed E-state index contributed by atoms with van der Waals surface area (Å²) in [4.78, 5) is 11.2. The first-order chi connectivity index (χ1) is 6.91. The Morgan fingerprint density at radius 1 is 1.53 bits per heavy atom. The van der Waals surface area contributed by atoms with Crippen molar-refractivity contribution in [2.75, 3.05) is 5.32 Å². The fraction of sp³-hybridized carbons (Fsp3) is 0.222. The number of rotatable bonds is 2. The molecule has 82 valence electrons. The molecule has 1 aromatic carbocycles. The van der Waals surface area contributed by atoms with E-state index in [1.165, 1.54) is 13.0 Å². The van der Waals surface area contributed by atoms with Crippen LogP contribution in [0.5, 0.6) is 0 Å². The first kappa shape index (κ1) is 12.4. The maximum Gasteiger partial charge on any atom is 0.221 e. The Morgan fingerprint density at radius 2 is 2.13 bits per heavy atom. The van der Waals surface area contributed by atoms with Crippen LogP contribution in [0.3, 0.4) is 0 Å². The van der Waals surface area contributed by atoms with Crippen molar-refractivity contribution in [2.45, 2.75) is 18.7 Å². The number of nitrogens with one attached hydrogen (secondary N) is 1. The molecule has 0 spiro atoms. The van der Waals surface area contributed by atoms with Crippen molar-refractivity contribution in [3.63, 3.8) is 0 Å². The van der Waals surface area contributed by atoms with Crippen LogP contribution in [-0.4, -0.2) is 14.7 Å². The second-order valence-electron chi connectivity index (χ2n) is 3.03. The van der Waals surface area contributed by atoms with Gasteiger partial charge in [0.15, 0.2) is 11.1 Å². The van der Waals surface area contributed by atoms with Gasteiger partial charge in [0.05, 0.1) is 10.6 Å². The second-order valence-corrected chi connectivity index (χ2v) is 4.82. The number of aryl methyl sites for hydroxylation is 1. The van der Waals surface area contributed by atoms with Gasteiger partial charge in [-0.1, -0.05) is 0 Å². The van der Waals surface area contributed by atoms with Gasteiger partial charge in [-0.3, -0.25) is 4.79 Å². The maximum atomic E-state index is 10.9. The lowest BCUT2D eigenvalue weighted by Crippen LogP contribution is -2.07. The van der Waals surface area contributed by atoms with Crippen LogP contribution >= 0.6 is 15.9 Å². The monoisotopic (exact) mass is 291 g/mol. The highest BCUT2D eigenvalue weighted by Gasteiger charge is 2.10. The van der Waals surface area contributed by atoms with E-state index in [1.807, 2.05) is 0 Å². The van der Waals surface area contributed by atoms with Crippen LogP contribution in [0.15, 0.2) is 21.5 Å². The van der Waals surface area contributed by atoms with Gasteiger partial charge in [-0.25, -0.2) is 4.21 Å². The first-order valence-electron chi connectivity index (χ1n) is 4.10. The van der Waals surface area contributed by atoms with Crippen molar-refractivity contribution in [1.82, 2.24) is 0 Å². The Labute approximate surface area is 98.5 Å². The Hall–Kier alpha value is -0.720. The van der Waals surface area contributed by atoms with Crippen LogP contribution < -0.4 is 5.32 Å². The molecule has 4 nitrogen and oxygen atoms in total. The second kappa shape index (κ2) is 4.87. The van der Waals surface area contributed by atoms with E-state index in [0.29, 0.717) is 20.6 Å². The quantitative estimate of drug-likeness (QED) is 0.822. The van der Waals surface area contributed by atoms with E-state index in [9.17, 15) is 9.00 Å². The molecule has 0 fully saturated rings. The standard InChI is InChI=1S/C9H10BrNO3S/c1-5-3-8(11-6(2)12)7(10)4-9(5)15(13)14/h3-4H,1-2H3,(H,11,12)(H,13,14). The maximum absolute atomic E-state index is 10.9. The van der Waals surface area contributed by atoms with Gasteiger partial charge in [0.1, 0.15) is 0 Å². The summed E-state index contributed by atoms with van der Waals surface area (Å²) in [6.07, 6.45) is 0. The molecule has 0 aliphatic rings. The fourth-order valence-electron chi connectivity index (χ4n) is 1.14. The fourth-order valence-corrected chi connectivity index (χ4v) is 2.28. The Bertz CT molecular complexity index is 434. The molecule has 0 aromatic heterocycles. The molecule has 6 heteroatoms. The molecule has 15 heavy (non-hydrogen) atoms. The summed E-state index contributed by atoms with van der Waals surface area (Å²) in [6.45, 7) is 3.11. The summed E-state index contributed by atoms with van der Waals surface area (Å²) in [5, 5.41) is 2.61. The number of amides is 1. The zero-order chi connectivity index (χ0) is 11.6. The Kier molecular flexibility index (Phi) is 4.01. The molecular formula is C9H10BrNO3S. The zero-order valence-electron chi connectivity index (χ0n) is 8.20. The predicted octanol–water partition coefficient (Wildman–Crippen LogP) is 2.30. The van der Waals surface area contributed by atoms with E-state index in [1.54, 1.807) is 13.0 Å². The van der Waals surface area contributed by atoms with Crippen LogP contribution in [0.25, 0.3) is 0 Å². The molecule has 0 heterocycles. The number of hydrogen-bond donors (Lipinski definition) is 2. The van der Waals surface area contributed by atoms with Gasteiger partial charge < -0.3 is 9.87 Å². The van der Waals surface area contributed by atoms with Crippen molar-refractivity contribution in [1.29, 1.82) is 0 Å². The number of benzene rings is 1. The van der Waals surface area contributed by atoms with E-state index >= 15 is 0 Å². The molecule has 1 unspecified atom stereocenters. The number of carbonyl (C=O) groups is 1. The zero-order valence-corrected chi connectivity index (χ0v) is 10.6. The molecule has 0 radical (unpaired) electrons. The Balaban J connectivity index is 3.19. The summed E-state index contributed by atoms with van der Waals surface area (Å²) in [5.74, 6) is -0.187. The summed E-state index contributed by atoms with van der Waals surface area (Å²) in [7, 11) is 0. The number of halogens is 1. The molecule has 1 amide bonds. The minimum Gasteiger partial charge on any atom is -0.325 e. The van der Waals surface area contributed by atoms with E-state index in [2.05, 4.69) is 21.2 Å². The van der Waals surface area contributed by atoms with Crippen LogP contribution in [0.4, 0.5) is 5.69 Å². The first-order valence-corrected chi connectivity index (χ1v) is 6.00. The smallest absolute Gasteiger partial charge is 0.221 e. The van der Waals surface area contributed by atoms with Gasteiger partial charge >= 0.3 is 0 Å². The van der Waals surface area contributed by atoms with Crippen molar-refractivity contribution in [3.05, 3.63) is 22.2 Å². The lowest BCUT2D eigenvalue weighted by molar-refractivity contribution is -0.114. The lowest BCUT2D eigenvalue weighted by Gasteiger charge is -2.08. The highest BCUT2D eigenvalue weighted by atomic mass is 79.9. The molecule has 1 atom stereocenters. The van der Waals surface area contributed by atoms with Crippen molar-refractivity contribution < 1.29 is 13.6 Å². The normalized spacial score (nSPS) is 12.3. The van der Waals surface area contributed by atoms with Crippen molar-refractivity contribution >= 4 is 38.6 Å². The van der Waals surface area contributed by atoms with Gasteiger partial charge in [-0.05, 0) is 40.5 Å². The highest BCUT2D eigenvalue weighted by molar-refractivity contribution is 9.10. The number of hydrogen-bond acceptors (Lipinski definition) is 2. The summed E-state index contributed by atoms with van der Waals surface area (Å²) < 4.78 is 20.5. The number of anilines is 1. The molecule has 0 bridgehead atoms. The van der Waals surface area contributed by atoms with Crippen LogP contribution in [0.2, 0.25) is 0 Å². The van der Waals surface area contributed by atoms with E-state index in [-0.39, 0.29) is 5.91 Å².